The van der Waals surface area contributed by atoms with Gasteiger partial charge in [-0.25, -0.2) is 15.0 Å². The molecule has 1 N–H and O–H groups in total. The smallest absolute Gasteiger partial charge is 0.216 e. The molecule has 0 saturated heterocycles. The van der Waals surface area contributed by atoms with E-state index in [9.17, 15) is 4.39 Å². The molecule has 0 bridgehead atoms. The number of rotatable bonds is 7. The normalized spacial score (nSPS) is 11.4. The van der Waals surface area contributed by atoms with Crippen LogP contribution in [0.1, 0.15) is 41.8 Å². The van der Waals surface area contributed by atoms with Crippen LogP contribution in [0.15, 0.2) is 48.9 Å². The molecule has 4 rings (SSSR count). The van der Waals surface area contributed by atoms with Crippen molar-refractivity contribution in [3.05, 3.63) is 82.8 Å². The Kier molecular flexibility index (Phi) is 5.74. The van der Waals surface area contributed by atoms with Gasteiger partial charge in [0, 0.05) is 47.2 Å². The summed E-state index contributed by atoms with van der Waals surface area (Å²) in [5, 5.41) is 1.02. The van der Waals surface area contributed by atoms with Crippen LogP contribution in [0.2, 0.25) is 0 Å². The number of nitrogens with one attached hydrogen (secondary N) is 1. The number of H-pyrrole nitrogens is 1. The van der Waals surface area contributed by atoms with Crippen molar-refractivity contribution in [2.24, 2.45) is 0 Å². The lowest BCUT2D eigenvalue weighted by Crippen LogP contribution is -2.09. The summed E-state index contributed by atoms with van der Waals surface area (Å²) in [5.74, 6) is 0.208. The third-order valence-corrected chi connectivity index (χ3v) is 4.97. The van der Waals surface area contributed by atoms with Gasteiger partial charge in [-0.05, 0) is 62.9 Å². The van der Waals surface area contributed by atoms with Gasteiger partial charge in [-0.15, -0.1) is 0 Å². The Morgan fingerprint density at radius 3 is 2.73 bits per heavy atom. The number of ether oxygens (including phenoxy) is 1. The van der Waals surface area contributed by atoms with Crippen LogP contribution in [0, 0.1) is 12.9 Å². The van der Waals surface area contributed by atoms with E-state index in [0.29, 0.717) is 36.4 Å². The summed E-state index contributed by atoms with van der Waals surface area (Å²) in [4.78, 5) is 16.0. The van der Waals surface area contributed by atoms with Crippen LogP contribution in [0.25, 0.3) is 11.0 Å². The van der Waals surface area contributed by atoms with Crippen LogP contribution in [0.4, 0.5) is 4.39 Å². The molecule has 0 spiro atoms. The zero-order valence-corrected chi connectivity index (χ0v) is 17.4. The van der Waals surface area contributed by atoms with Crippen molar-refractivity contribution in [3.8, 4) is 5.88 Å². The maximum Gasteiger partial charge on any atom is 0.216 e. The molecular weight excluding hydrogens is 379 g/mol. The molecule has 0 aliphatic carbocycles. The highest BCUT2D eigenvalue weighted by Gasteiger charge is 2.12. The highest BCUT2D eigenvalue weighted by atomic mass is 19.1. The minimum absolute atomic E-state index is 0.0528. The summed E-state index contributed by atoms with van der Waals surface area (Å²) in [6.45, 7) is 5.94. The monoisotopic (exact) mass is 404 g/mol. The number of hydrogen-bond acceptors (Lipinski definition) is 4. The number of aromatic nitrogens is 4. The van der Waals surface area contributed by atoms with Crippen molar-refractivity contribution < 1.29 is 9.13 Å². The molecule has 0 amide bonds. The van der Waals surface area contributed by atoms with Crippen LogP contribution in [0.3, 0.4) is 0 Å². The number of fused-ring (bicyclic) bond motifs is 1. The number of aryl methyl sites for hydroxylation is 3. The van der Waals surface area contributed by atoms with Crippen molar-refractivity contribution in [1.82, 2.24) is 19.9 Å². The molecule has 0 aliphatic rings. The van der Waals surface area contributed by atoms with Gasteiger partial charge >= 0.3 is 0 Å². The van der Waals surface area contributed by atoms with Gasteiger partial charge in [-0.2, -0.15) is 4.39 Å². The van der Waals surface area contributed by atoms with Crippen molar-refractivity contribution in [2.75, 3.05) is 0 Å². The molecule has 0 aromatic carbocycles. The van der Waals surface area contributed by atoms with Gasteiger partial charge in [0.25, 0.3) is 0 Å². The average molecular weight is 404 g/mol. The second-order valence-corrected chi connectivity index (χ2v) is 7.79. The van der Waals surface area contributed by atoms with Gasteiger partial charge in [-0.1, -0.05) is 12.1 Å². The van der Waals surface area contributed by atoms with Gasteiger partial charge in [0.1, 0.15) is 5.65 Å². The van der Waals surface area contributed by atoms with E-state index in [0.717, 1.165) is 27.7 Å². The van der Waals surface area contributed by atoms with Gasteiger partial charge in [0.05, 0.1) is 6.10 Å². The van der Waals surface area contributed by atoms with Gasteiger partial charge in [0.2, 0.25) is 11.8 Å². The Bertz CT molecular complexity index is 1170. The second kappa shape index (κ2) is 8.61. The van der Waals surface area contributed by atoms with E-state index in [1.54, 1.807) is 6.20 Å². The molecule has 0 radical (unpaired) electrons. The summed E-state index contributed by atoms with van der Waals surface area (Å²) in [6.07, 6.45) is 7.26. The quantitative estimate of drug-likeness (QED) is 0.442. The van der Waals surface area contributed by atoms with Crippen LogP contribution in [-0.4, -0.2) is 26.0 Å². The Hall–Kier alpha value is -3.28. The predicted molar refractivity (Wildman–Crippen MR) is 115 cm³/mol. The maximum atomic E-state index is 14.7. The largest absolute Gasteiger partial charge is 0.475 e. The average Bonchev–Trinajstić information content (AvgIpc) is 3.10. The second-order valence-electron chi connectivity index (χ2n) is 7.79. The number of aromatic amines is 1. The Morgan fingerprint density at radius 1 is 1.07 bits per heavy atom. The number of hydrogen-bond donors (Lipinski definition) is 1. The Balaban J connectivity index is 1.48. The molecule has 0 aliphatic heterocycles. The molecule has 4 heterocycles. The highest BCUT2D eigenvalue weighted by molar-refractivity contribution is 5.80. The molecule has 4 aromatic rings. The van der Waals surface area contributed by atoms with E-state index in [4.69, 9.17) is 4.74 Å². The molecule has 4 aromatic heterocycles. The molecule has 30 heavy (non-hydrogen) atoms. The lowest BCUT2D eigenvalue weighted by atomic mass is 10.0. The predicted octanol–water partition coefficient (Wildman–Crippen LogP) is 4.96. The van der Waals surface area contributed by atoms with Gasteiger partial charge < -0.3 is 9.72 Å². The fourth-order valence-electron chi connectivity index (χ4n) is 3.49. The van der Waals surface area contributed by atoms with E-state index in [1.807, 2.05) is 57.4 Å². The molecule has 154 valence electrons. The lowest BCUT2D eigenvalue weighted by molar-refractivity contribution is 0.230. The van der Waals surface area contributed by atoms with Crippen LogP contribution >= 0.6 is 0 Å². The fourth-order valence-corrected chi connectivity index (χ4v) is 3.49. The molecule has 6 heteroatoms. The minimum atomic E-state index is -0.424. The maximum absolute atomic E-state index is 14.7. The first-order valence-electron chi connectivity index (χ1n) is 10.2. The van der Waals surface area contributed by atoms with E-state index in [2.05, 4.69) is 26.0 Å². The zero-order chi connectivity index (χ0) is 21.1. The number of nitrogens with zero attached hydrogens (tertiary/aromatic N) is 3. The lowest BCUT2D eigenvalue weighted by Gasteiger charge is -2.12. The topological polar surface area (TPSA) is 63.7 Å². The highest BCUT2D eigenvalue weighted by Crippen LogP contribution is 2.22. The summed E-state index contributed by atoms with van der Waals surface area (Å²) < 4.78 is 20.5. The van der Waals surface area contributed by atoms with Crippen LogP contribution in [0.5, 0.6) is 5.88 Å². The van der Waals surface area contributed by atoms with Gasteiger partial charge in [-0.3, -0.25) is 0 Å². The van der Waals surface area contributed by atoms with E-state index in [1.165, 1.54) is 0 Å². The molecule has 0 saturated carbocycles. The Labute approximate surface area is 175 Å². The van der Waals surface area contributed by atoms with E-state index < -0.39 is 5.95 Å². The first-order valence-corrected chi connectivity index (χ1v) is 10.2. The molecule has 5 nitrogen and oxygen atoms in total. The van der Waals surface area contributed by atoms with Gasteiger partial charge in [0.15, 0.2) is 0 Å². The van der Waals surface area contributed by atoms with Crippen LogP contribution in [-0.2, 0) is 19.3 Å². The summed E-state index contributed by atoms with van der Waals surface area (Å²) in [5.41, 5.74) is 5.20. The van der Waals surface area contributed by atoms with E-state index in [-0.39, 0.29) is 6.10 Å². The Morgan fingerprint density at radius 2 is 1.93 bits per heavy atom. The van der Waals surface area contributed by atoms with Crippen molar-refractivity contribution in [2.45, 2.75) is 46.1 Å². The summed E-state index contributed by atoms with van der Waals surface area (Å²) >= 11 is 0. The molecular formula is C24H25FN4O. The first-order chi connectivity index (χ1) is 14.5. The van der Waals surface area contributed by atoms with Crippen molar-refractivity contribution in [1.29, 1.82) is 0 Å². The third kappa shape index (κ3) is 4.48. The minimum Gasteiger partial charge on any atom is -0.475 e. The molecule has 0 fully saturated rings. The third-order valence-electron chi connectivity index (χ3n) is 4.97. The summed E-state index contributed by atoms with van der Waals surface area (Å²) in [7, 11) is 0. The summed E-state index contributed by atoms with van der Waals surface area (Å²) in [6, 6.07) is 9.67. The van der Waals surface area contributed by atoms with Crippen molar-refractivity contribution >= 4 is 11.0 Å². The van der Waals surface area contributed by atoms with Crippen molar-refractivity contribution in [3.63, 3.8) is 0 Å². The molecule has 0 atom stereocenters. The number of pyridine rings is 3. The molecule has 0 unspecified atom stereocenters. The first kappa shape index (κ1) is 20.0. The number of halogens is 1. The zero-order valence-electron chi connectivity index (χ0n) is 17.4. The van der Waals surface area contributed by atoms with Crippen LogP contribution < -0.4 is 4.74 Å². The fraction of sp³-hybridized carbons (Fsp3) is 0.292. The SMILES string of the molecule is Cc1cnc2[nH]cc(Cc3ccc(CCc4cccnc4OC(C)C)nc3F)c2c1. The van der Waals surface area contributed by atoms with E-state index >= 15 is 0 Å². The standard InChI is InChI=1S/C24H25FN4O/c1-15(2)30-24-17(5-4-10-26-24)6-8-20-9-7-18(22(25)29-20)12-19-14-28-23-21(19)11-16(3)13-27-23/h4-5,7,9-11,13-15H,6,8,12H2,1-3H3,(H,27,28).